The Morgan fingerprint density at radius 3 is 2.09 bits per heavy atom. The van der Waals surface area contributed by atoms with Crippen molar-refractivity contribution in [2.24, 2.45) is 0 Å². The summed E-state index contributed by atoms with van der Waals surface area (Å²) in [5.41, 5.74) is 4.62. The van der Waals surface area contributed by atoms with Crippen LogP contribution in [0.5, 0.6) is 0 Å². The molecule has 5 N–H and O–H groups in total. The third-order valence-corrected chi connectivity index (χ3v) is 5.98. The summed E-state index contributed by atoms with van der Waals surface area (Å²) in [4.78, 5) is 46.2. The lowest BCUT2D eigenvalue weighted by atomic mass is 9.99. The average Bonchev–Trinajstić information content (AvgIpc) is 2.99. The van der Waals surface area contributed by atoms with Crippen molar-refractivity contribution in [2.45, 2.75) is 76.9 Å². The predicted octanol–water partition coefficient (Wildman–Crippen LogP) is 4.31. The maximum atomic E-state index is 14.9. The molecule has 0 spiro atoms. The van der Waals surface area contributed by atoms with Crippen LogP contribution < -0.4 is 21.5 Å². The first-order valence-electron chi connectivity index (χ1n) is 14.0. The smallest absolute Gasteiger partial charge is 0.421 e. The molecule has 14 nitrogen and oxygen atoms in total. The van der Waals surface area contributed by atoms with Crippen molar-refractivity contribution in [3.8, 4) is 0 Å². The fraction of sp³-hybridized carbons (Fsp3) is 0.483. The molecule has 2 rings (SSSR count). The first kappa shape index (κ1) is 36.6. The highest BCUT2D eigenvalue weighted by atomic mass is 19.3. The monoisotopic (exact) mass is 639 g/mol. The fourth-order valence-electron chi connectivity index (χ4n) is 3.72. The number of aliphatic hydroxyl groups is 1. The van der Waals surface area contributed by atoms with Crippen LogP contribution in [0.1, 0.15) is 51.2 Å². The number of nitrogens with one attached hydrogen (secondary N) is 4. The molecule has 248 valence electrons. The minimum atomic E-state index is -3.85. The Labute approximate surface area is 258 Å². The Bertz CT molecular complexity index is 1240. The van der Waals surface area contributed by atoms with E-state index in [-0.39, 0.29) is 38.3 Å². The normalized spacial score (nSPS) is 12.8. The molecule has 2 aromatic rings. The second-order valence-electron chi connectivity index (χ2n) is 10.9. The molecule has 0 aliphatic carbocycles. The average molecular weight is 640 g/mol. The minimum Gasteiger partial charge on any atom is -0.445 e. The summed E-state index contributed by atoms with van der Waals surface area (Å²) in [7, 11) is 0. The molecule has 0 aliphatic rings. The van der Waals surface area contributed by atoms with Gasteiger partial charge in [0.2, 0.25) is 0 Å². The number of hydrogen-bond donors (Lipinski definition) is 5. The summed E-state index contributed by atoms with van der Waals surface area (Å²) in [5.74, 6) is -3.85. The largest absolute Gasteiger partial charge is 0.445 e. The van der Waals surface area contributed by atoms with Gasteiger partial charge in [0.25, 0.3) is 11.6 Å². The van der Waals surface area contributed by atoms with Crippen molar-refractivity contribution in [2.75, 3.05) is 13.1 Å². The van der Waals surface area contributed by atoms with Crippen LogP contribution in [0.3, 0.4) is 0 Å². The SMILES string of the molecule is CC(C)(C)OC(=O)NCC(F)(F)C(O)C(CCCCNC(=O)OCc1ccccc1)NNC(=O)OCc1ccc([N+](=O)[O-])cc1. The van der Waals surface area contributed by atoms with E-state index in [0.29, 0.717) is 12.0 Å². The molecule has 2 unspecified atom stereocenters. The summed E-state index contributed by atoms with van der Waals surface area (Å²) in [6.45, 7) is 3.37. The van der Waals surface area contributed by atoms with Gasteiger partial charge in [-0.15, -0.1) is 0 Å². The molecule has 45 heavy (non-hydrogen) atoms. The van der Waals surface area contributed by atoms with Crippen LogP contribution in [0.15, 0.2) is 54.6 Å². The van der Waals surface area contributed by atoms with E-state index in [1.807, 2.05) is 11.4 Å². The van der Waals surface area contributed by atoms with E-state index >= 15 is 0 Å². The topological polar surface area (TPSA) is 190 Å². The number of unbranched alkanes of at least 4 members (excludes halogenated alkanes) is 1. The van der Waals surface area contributed by atoms with Gasteiger partial charge in [0, 0.05) is 18.7 Å². The quantitative estimate of drug-likeness (QED) is 0.0766. The number of non-ortho nitro benzene ring substituents is 1. The van der Waals surface area contributed by atoms with E-state index in [1.165, 1.54) is 24.3 Å². The molecule has 0 radical (unpaired) electrons. The molecule has 3 amide bonds. The van der Waals surface area contributed by atoms with E-state index < -0.39 is 53.4 Å². The van der Waals surface area contributed by atoms with Gasteiger partial charge in [-0.25, -0.2) is 28.6 Å². The predicted molar refractivity (Wildman–Crippen MR) is 157 cm³/mol. The van der Waals surface area contributed by atoms with Crippen molar-refractivity contribution < 1.29 is 47.4 Å². The van der Waals surface area contributed by atoms with Gasteiger partial charge < -0.3 is 30.0 Å². The van der Waals surface area contributed by atoms with Crippen molar-refractivity contribution in [1.82, 2.24) is 21.5 Å². The molecule has 2 atom stereocenters. The van der Waals surface area contributed by atoms with Crippen LogP contribution in [0.4, 0.5) is 28.9 Å². The first-order chi connectivity index (χ1) is 21.2. The van der Waals surface area contributed by atoms with Gasteiger partial charge >= 0.3 is 18.3 Å². The number of amides is 3. The van der Waals surface area contributed by atoms with Crippen LogP contribution in [0.2, 0.25) is 0 Å². The number of nitrogens with zero attached hydrogens (tertiary/aromatic N) is 1. The molecule has 0 bridgehead atoms. The number of nitro groups is 1. The van der Waals surface area contributed by atoms with Gasteiger partial charge in [0.05, 0.1) is 17.5 Å². The summed E-state index contributed by atoms with van der Waals surface area (Å²) in [6.07, 6.45) is -4.76. The molecular formula is C29H39F2N5O9. The van der Waals surface area contributed by atoms with Gasteiger partial charge in [0.1, 0.15) is 24.9 Å². The van der Waals surface area contributed by atoms with Crippen LogP contribution in [0.25, 0.3) is 0 Å². The summed E-state index contributed by atoms with van der Waals surface area (Å²) in [5, 5.41) is 25.8. The molecular weight excluding hydrogens is 600 g/mol. The number of carbonyl (C=O) groups is 3. The summed E-state index contributed by atoms with van der Waals surface area (Å²) in [6, 6.07) is 12.8. The maximum Gasteiger partial charge on any atom is 0.421 e. The Morgan fingerprint density at radius 2 is 1.49 bits per heavy atom. The van der Waals surface area contributed by atoms with E-state index in [2.05, 4.69) is 16.2 Å². The van der Waals surface area contributed by atoms with E-state index in [4.69, 9.17) is 14.2 Å². The number of hydrazine groups is 1. The number of carbonyl (C=O) groups excluding carboxylic acids is 3. The molecule has 0 aliphatic heterocycles. The zero-order valence-electron chi connectivity index (χ0n) is 25.2. The standard InChI is InChI=1S/C29H39F2N5O9/c1-28(2,3)45-26(39)33-19-29(30,31)24(37)23(11-7-8-16-32-25(38)43-17-20-9-5-4-6-10-20)34-35-27(40)44-18-21-12-14-22(15-13-21)36(41)42/h4-6,9-10,12-15,23-24,34,37H,7-8,11,16-19H2,1-3H3,(H,32,38)(H,33,39)(H,35,40). The summed E-state index contributed by atoms with van der Waals surface area (Å²) < 4.78 is 44.9. The van der Waals surface area contributed by atoms with Crippen LogP contribution in [0, 0.1) is 10.1 Å². The van der Waals surface area contributed by atoms with E-state index in [1.54, 1.807) is 45.0 Å². The Morgan fingerprint density at radius 1 is 0.889 bits per heavy atom. The lowest BCUT2D eigenvalue weighted by Crippen LogP contribution is -2.58. The number of ether oxygens (including phenoxy) is 3. The molecule has 16 heteroatoms. The lowest BCUT2D eigenvalue weighted by Gasteiger charge is -2.31. The van der Waals surface area contributed by atoms with Crippen molar-refractivity contribution in [3.05, 3.63) is 75.8 Å². The van der Waals surface area contributed by atoms with Gasteiger partial charge in [-0.1, -0.05) is 30.3 Å². The van der Waals surface area contributed by atoms with Gasteiger partial charge in [-0.2, -0.15) is 0 Å². The third kappa shape index (κ3) is 14.6. The second kappa shape index (κ2) is 17.7. The van der Waals surface area contributed by atoms with Crippen LogP contribution in [-0.4, -0.2) is 65.1 Å². The first-order valence-corrected chi connectivity index (χ1v) is 14.0. The zero-order chi connectivity index (χ0) is 33.5. The van der Waals surface area contributed by atoms with Crippen molar-refractivity contribution in [3.63, 3.8) is 0 Å². The van der Waals surface area contributed by atoms with E-state index in [9.17, 15) is 38.4 Å². The highest BCUT2D eigenvalue weighted by Crippen LogP contribution is 2.23. The molecule has 0 aromatic heterocycles. The fourth-order valence-corrected chi connectivity index (χ4v) is 3.72. The summed E-state index contributed by atoms with van der Waals surface area (Å²) >= 11 is 0. The molecule has 0 fully saturated rings. The highest BCUT2D eigenvalue weighted by Gasteiger charge is 2.43. The van der Waals surface area contributed by atoms with Crippen molar-refractivity contribution in [1.29, 1.82) is 0 Å². The number of alkyl carbamates (subject to hydrolysis) is 2. The maximum absolute atomic E-state index is 14.9. The number of halogens is 2. The number of hydrogen-bond acceptors (Lipinski definition) is 10. The van der Waals surface area contributed by atoms with Crippen molar-refractivity contribution >= 4 is 24.0 Å². The highest BCUT2D eigenvalue weighted by molar-refractivity contribution is 5.68. The number of alkyl halides is 2. The lowest BCUT2D eigenvalue weighted by molar-refractivity contribution is -0.384. The molecule has 0 saturated heterocycles. The Kier molecular flexibility index (Phi) is 14.4. The second-order valence-corrected chi connectivity index (χ2v) is 10.9. The Hall–Kier alpha value is -4.57. The van der Waals surface area contributed by atoms with Crippen LogP contribution in [-0.2, 0) is 27.4 Å². The minimum absolute atomic E-state index is 0.0727. The van der Waals surface area contributed by atoms with Gasteiger partial charge in [-0.3, -0.25) is 15.5 Å². The third-order valence-electron chi connectivity index (χ3n) is 5.98. The van der Waals surface area contributed by atoms with E-state index in [0.717, 1.165) is 5.56 Å². The van der Waals surface area contributed by atoms with Gasteiger partial charge in [0.15, 0.2) is 0 Å². The molecule has 0 heterocycles. The Balaban J connectivity index is 1.90. The molecule has 2 aromatic carbocycles. The molecule has 0 saturated carbocycles. The van der Waals surface area contributed by atoms with Crippen LogP contribution >= 0.6 is 0 Å². The zero-order valence-corrected chi connectivity index (χ0v) is 25.2. The number of nitro benzene ring substituents is 1. The number of aliphatic hydroxyl groups excluding tert-OH is 1. The number of benzene rings is 2. The van der Waals surface area contributed by atoms with Gasteiger partial charge in [-0.05, 0) is 63.3 Å². The number of rotatable bonds is 16.